The number of rotatable bonds is 4. The summed E-state index contributed by atoms with van der Waals surface area (Å²) in [5.74, 6) is 0.756. The number of halogens is 3. The molecule has 0 amide bonds. The van der Waals surface area contributed by atoms with E-state index in [1.807, 2.05) is 29.9 Å². The van der Waals surface area contributed by atoms with Gasteiger partial charge in [0.05, 0.1) is 29.5 Å². The predicted molar refractivity (Wildman–Crippen MR) is 117 cm³/mol. The van der Waals surface area contributed by atoms with Gasteiger partial charge in [-0.15, -0.1) is 0 Å². The molecular formula is C25H26F3N5O. The molecule has 1 aliphatic heterocycles. The molecule has 34 heavy (non-hydrogen) atoms. The molecule has 8 rings (SSSR count). The third-order valence-corrected chi connectivity index (χ3v) is 8.41. The maximum atomic E-state index is 13.5. The first kappa shape index (κ1) is 20.8. The van der Waals surface area contributed by atoms with Gasteiger partial charge in [-0.25, -0.2) is 15.0 Å². The summed E-state index contributed by atoms with van der Waals surface area (Å²) in [6.45, 7) is 2.49. The lowest BCUT2D eigenvalue weighted by Gasteiger charge is -2.70. The van der Waals surface area contributed by atoms with Crippen LogP contribution in [0.4, 0.5) is 13.2 Å². The monoisotopic (exact) mass is 469 g/mol. The lowest BCUT2D eigenvalue weighted by molar-refractivity contribution is -0.337. The molecule has 0 radical (unpaired) electrons. The third kappa shape index (κ3) is 2.98. The van der Waals surface area contributed by atoms with Gasteiger partial charge < -0.3 is 4.74 Å². The topological polar surface area (TPSA) is 65.7 Å². The normalized spacial score (nSPS) is 32.9. The maximum absolute atomic E-state index is 13.5. The second-order valence-corrected chi connectivity index (χ2v) is 10.9. The number of alkyl halides is 3. The average molecular weight is 470 g/mol. The van der Waals surface area contributed by atoms with Crippen molar-refractivity contribution in [2.45, 2.75) is 81.5 Å². The number of aryl methyl sites for hydroxylation is 1. The van der Waals surface area contributed by atoms with Gasteiger partial charge >= 0.3 is 6.18 Å². The molecule has 178 valence electrons. The molecule has 2 bridgehead atoms. The van der Waals surface area contributed by atoms with E-state index in [0.717, 1.165) is 35.2 Å². The van der Waals surface area contributed by atoms with Gasteiger partial charge in [-0.3, -0.25) is 4.68 Å². The van der Waals surface area contributed by atoms with Crippen molar-refractivity contribution in [2.24, 2.45) is 5.41 Å². The Morgan fingerprint density at radius 3 is 2.59 bits per heavy atom. The summed E-state index contributed by atoms with van der Waals surface area (Å²) < 4.78 is 48.7. The van der Waals surface area contributed by atoms with E-state index >= 15 is 0 Å². The number of hydrogen-bond acceptors (Lipinski definition) is 5. The van der Waals surface area contributed by atoms with Crippen LogP contribution < -0.4 is 0 Å². The van der Waals surface area contributed by atoms with Crippen LogP contribution in [0, 0.1) is 12.3 Å². The van der Waals surface area contributed by atoms with Crippen molar-refractivity contribution < 1.29 is 17.9 Å². The van der Waals surface area contributed by atoms with E-state index in [1.165, 1.54) is 12.8 Å². The van der Waals surface area contributed by atoms with Crippen molar-refractivity contribution in [3.63, 3.8) is 0 Å². The smallest absolute Gasteiger partial charge is 0.373 e. The first-order valence-electron chi connectivity index (χ1n) is 12.1. The fourth-order valence-electron chi connectivity index (χ4n) is 6.37. The van der Waals surface area contributed by atoms with Gasteiger partial charge in [0, 0.05) is 40.8 Å². The summed E-state index contributed by atoms with van der Waals surface area (Å²) in [5, 5.41) is 5.29. The van der Waals surface area contributed by atoms with Gasteiger partial charge in [0.25, 0.3) is 0 Å². The first-order valence-corrected chi connectivity index (χ1v) is 12.1. The summed E-state index contributed by atoms with van der Waals surface area (Å²) in [6, 6.07) is 4.33. The third-order valence-electron chi connectivity index (χ3n) is 8.41. The Kier molecular flexibility index (Phi) is 4.14. The number of aromatic nitrogens is 5. The van der Waals surface area contributed by atoms with Crippen LogP contribution in [0.3, 0.4) is 0 Å². The van der Waals surface area contributed by atoms with E-state index in [9.17, 15) is 13.2 Å². The summed E-state index contributed by atoms with van der Waals surface area (Å²) in [5.41, 5.74) is 1.24. The fraction of sp³-hybridized carbons (Fsp3) is 0.600. The van der Waals surface area contributed by atoms with E-state index in [1.54, 1.807) is 0 Å². The quantitative estimate of drug-likeness (QED) is 0.506. The zero-order chi connectivity index (χ0) is 23.3. The molecule has 9 heteroatoms. The second kappa shape index (κ2) is 6.77. The summed E-state index contributed by atoms with van der Waals surface area (Å²) in [6.07, 6.45) is 3.98. The lowest BCUT2D eigenvalue weighted by Crippen LogP contribution is -2.70. The maximum Gasteiger partial charge on any atom is 0.394 e. The van der Waals surface area contributed by atoms with Gasteiger partial charge in [0.2, 0.25) is 0 Å². The number of ether oxygens (including phenoxy) is 1. The van der Waals surface area contributed by atoms with Gasteiger partial charge in [0.15, 0.2) is 5.65 Å². The number of fused-ring (bicyclic) bond motifs is 1. The molecule has 4 heterocycles. The summed E-state index contributed by atoms with van der Waals surface area (Å²) >= 11 is 0. The van der Waals surface area contributed by atoms with Gasteiger partial charge in [-0.05, 0) is 64.0 Å². The van der Waals surface area contributed by atoms with Crippen LogP contribution in [0.25, 0.3) is 11.0 Å². The van der Waals surface area contributed by atoms with Gasteiger partial charge in [0.1, 0.15) is 5.82 Å². The molecule has 2 atom stereocenters. The minimum absolute atomic E-state index is 0.0670. The van der Waals surface area contributed by atoms with E-state index in [2.05, 4.69) is 16.3 Å². The first-order chi connectivity index (χ1) is 16.3. The van der Waals surface area contributed by atoms with Crippen molar-refractivity contribution in [3.05, 3.63) is 47.3 Å². The molecule has 1 saturated heterocycles. The van der Waals surface area contributed by atoms with Gasteiger partial charge in [-0.1, -0.05) is 0 Å². The van der Waals surface area contributed by atoms with Crippen molar-refractivity contribution in [1.82, 2.24) is 24.7 Å². The molecule has 3 aromatic rings. The Morgan fingerprint density at radius 1 is 1.06 bits per heavy atom. The highest BCUT2D eigenvalue weighted by Gasteiger charge is 2.79. The van der Waals surface area contributed by atoms with Crippen LogP contribution in [-0.4, -0.2) is 37.5 Å². The standard InChI is InChI=1S/C25H26F3N5O/c1-14-2-5-18-20(23-11-24(12-23,13-23)25(26,27)28)31-21(32-22(18)30-14)15-6-7-34-19(8-15)16-9-29-33(10-16)17-3-4-17/h2,5,9-10,15,17,19H,3-4,6-8,11-13H2,1H3/t15-,19-,23?,24?/m1/s1. The van der Waals surface area contributed by atoms with Crippen LogP contribution in [0.1, 0.15) is 85.8 Å². The Balaban J connectivity index is 1.22. The van der Waals surface area contributed by atoms with Crippen LogP contribution in [0.2, 0.25) is 0 Å². The van der Waals surface area contributed by atoms with Crippen LogP contribution in [0.5, 0.6) is 0 Å². The highest BCUT2D eigenvalue weighted by Crippen LogP contribution is 2.78. The van der Waals surface area contributed by atoms with E-state index in [0.29, 0.717) is 24.1 Å². The molecule has 4 saturated carbocycles. The Morgan fingerprint density at radius 2 is 1.85 bits per heavy atom. The number of nitrogens with zero attached hydrogens (tertiary/aromatic N) is 5. The van der Waals surface area contributed by atoms with Crippen LogP contribution in [-0.2, 0) is 10.2 Å². The van der Waals surface area contributed by atoms with Crippen LogP contribution in [0.15, 0.2) is 24.5 Å². The zero-order valence-corrected chi connectivity index (χ0v) is 19.0. The highest BCUT2D eigenvalue weighted by molar-refractivity contribution is 5.79. The van der Waals surface area contributed by atoms with E-state index in [4.69, 9.17) is 14.7 Å². The minimum Gasteiger partial charge on any atom is -0.373 e. The average Bonchev–Trinajstić information content (AvgIpc) is 3.47. The molecule has 0 spiro atoms. The summed E-state index contributed by atoms with van der Waals surface area (Å²) in [4.78, 5) is 14.4. The molecule has 0 N–H and O–H groups in total. The predicted octanol–water partition coefficient (Wildman–Crippen LogP) is 5.48. The Labute approximate surface area is 194 Å². The van der Waals surface area contributed by atoms with Crippen molar-refractivity contribution in [1.29, 1.82) is 0 Å². The molecule has 0 aromatic carbocycles. The van der Waals surface area contributed by atoms with Crippen molar-refractivity contribution in [3.8, 4) is 0 Å². The molecule has 5 aliphatic rings. The van der Waals surface area contributed by atoms with E-state index in [-0.39, 0.29) is 31.3 Å². The number of hydrogen-bond donors (Lipinski definition) is 0. The number of pyridine rings is 1. The second-order valence-electron chi connectivity index (χ2n) is 10.9. The largest absolute Gasteiger partial charge is 0.394 e. The summed E-state index contributed by atoms with van der Waals surface area (Å²) in [7, 11) is 0. The van der Waals surface area contributed by atoms with Gasteiger partial charge in [-0.2, -0.15) is 18.3 Å². The Hall–Kier alpha value is -2.55. The molecule has 4 aliphatic carbocycles. The minimum atomic E-state index is -4.14. The zero-order valence-electron chi connectivity index (χ0n) is 19.0. The SMILES string of the molecule is Cc1ccc2c(C34CC(C(F)(F)F)(C3)C4)nc([C@@H]3CCO[C@@H](c4cnn(C5CC5)c4)C3)nc2n1. The molecule has 6 nitrogen and oxygen atoms in total. The molecule has 5 fully saturated rings. The fourth-order valence-corrected chi connectivity index (χ4v) is 6.37. The molecule has 0 unspecified atom stereocenters. The van der Waals surface area contributed by atoms with Crippen molar-refractivity contribution >= 4 is 11.0 Å². The Bertz CT molecular complexity index is 1280. The molecular weight excluding hydrogens is 443 g/mol. The van der Waals surface area contributed by atoms with E-state index < -0.39 is 17.0 Å². The van der Waals surface area contributed by atoms with Crippen LogP contribution >= 0.6 is 0 Å². The highest BCUT2D eigenvalue weighted by atomic mass is 19.4. The van der Waals surface area contributed by atoms with Crippen molar-refractivity contribution in [2.75, 3.05) is 6.61 Å². The molecule has 3 aromatic heterocycles. The lowest BCUT2D eigenvalue weighted by atomic mass is 9.33.